The van der Waals surface area contributed by atoms with Gasteiger partial charge < -0.3 is 14.8 Å². The number of hydrogen-bond acceptors (Lipinski definition) is 8. The second-order valence-electron chi connectivity index (χ2n) is 6.99. The summed E-state index contributed by atoms with van der Waals surface area (Å²) in [7, 11) is 0. The van der Waals surface area contributed by atoms with Crippen LogP contribution in [0.5, 0.6) is 0 Å². The van der Waals surface area contributed by atoms with Crippen LogP contribution < -0.4 is 5.23 Å². The summed E-state index contributed by atoms with van der Waals surface area (Å²) in [4.78, 5) is 6.48. The second kappa shape index (κ2) is 8.08. The van der Waals surface area contributed by atoms with E-state index in [4.69, 9.17) is 15.0 Å². The lowest BCUT2D eigenvalue weighted by Crippen LogP contribution is -2.99. The molecule has 3 N–H and O–H groups in total. The second-order valence-corrected chi connectivity index (χ2v) is 6.99. The van der Waals surface area contributed by atoms with Gasteiger partial charge in [0.1, 0.15) is 0 Å². The van der Waals surface area contributed by atoms with Gasteiger partial charge in [-0.1, -0.05) is 29.4 Å². The first kappa shape index (κ1) is 19.2. The predicted molar refractivity (Wildman–Crippen MR) is 100 cm³/mol. The number of nitrogens with one attached hydrogen (secondary N) is 1. The minimum atomic E-state index is -1.03. The summed E-state index contributed by atoms with van der Waals surface area (Å²) in [5, 5.41) is 42.6. The van der Waals surface area contributed by atoms with Gasteiger partial charge >= 0.3 is 0 Å². The fraction of sp³-hybridized carbons (Fsp3) is 0.250. The summed E-state index contributed by atoms with van der Waals surface area (Å²) < 4.78 is 5.45. The molecule has 1 aliphatic rings. The molecular weight excluding hydrogens is 374 g/mol. The quantitative estimate of drug-likeness (QED) is 0.553. The number of aliphatic hydroxyl groups excluding tert-OH is 1. The fourth-order valence-corrected chi connectivity index (χ4v) is 3.56. The Morgan fingerprint density at radius 3 is 2.90 bits per heavy atom. The molecule has 1 fully saturated rings. The first-order chi connectivity index (χ1) is 14.0. The number of aliphatic hydroxyl groups is 1. The number of nitrogens with zero attached hydrogens (tertiary/aromatic N) is 4. The van der Waals surface area contributed by atoms with Crippen LogP contribution in [0.3, 0.4) is 0 Å². The third kappa shape index (κ3) is 4.17. The molecule has 0 radical (unpaired) electrons. The van der Waals surface area contributed by atoms with Crippen molar-refractivity contribution in [3.63, 3.8) is 0 Å². The Labute approximate surface area is 166 Å². The Morgan fingerprint density at radius 2 is 2.10 bits per heavy atom. The molecule has 9 nitrogen and oxygen atoms in total. The summed E-state index contributed by atoms with van der Waals surface area (Å²) in [5.41, 5.74) is 2.23. The maximum absolute atomic E-state index is 11.2. The molecule has 0 spiro atoms. The van der Waals surface area contributed by atoms with Crippen LogP contribution >= 0.6 is 0 Å². The van der Waals surface area contributed by atoms with E-state index < -0.39 is 11.3 Å². The maximum Gasteiger partial charge on any atom is 0.244 e. The van der Waals surface area contributed by atoms with Crippen molar-refractivity contribution in [1.82, 2.24) is 15.0 Å². The van der Waals surface area contributed by atoms with Crippen LogP contribution in [0.15, 0.2) is 53.1 Å². The van der Waals surface area contributed by atoms with E-state index in [2.05, 4.69) is 16.2 Å². The minimum Gasteiger partial charge on any atom is -0.595 e. The summed E-state index contributed by atoms with van der Waals surface area (Å²) in [6, 6.07) is 15.5. The Morgan fingerprint density at radius 1 is 1.28 bits per heavy atom. The zero-order valence-electron chi connectivity index (χ0n) is 15.4. The van der Waals surface area contributed by atoms with E-state index in [9.17, 15) is 10.3 Å². The van der Waals surface area contributed by atoms with Gasteiger partial charge in [0.05, 0.1) is 23.8 Å². The zero-order valence-corrected chi connectivity index (χ0v) is 15.4. The van der Waals surface area contributed by atoms with Gasteiger partial charge in [-0.25, -0.2) is 5.21 Å². The van der Waals surface area contributed by atoms with Crippen molar-refractivity contribution in [3.8, 4) is 17.5 Å². The molecule has 0 bridgehead atoms. The van der Waals surface area contributed by atoms with Crippen LogP contribution in [-0.2, 0) is 6.54 Å². The highest BCUT2D eigenvalue weighted by Crippen LogP contribution is 2.33. The topological polar surface area (TPSA) is 134 Å². The van der Waals surface area contributed by atoms with Crippen LogP contribution in [0.2, 0.25) is 0 Å². The standard InChI is InChI=1S/C20H19N5O4/c21-10-13-3-1-4-14(7-13)11-24-12-17(26)9-18(24)20-22-19(23-29-20)15-5-2-6-16(8-15)25(27)28/h1-8,17-18,25-27H,9,11-12H2. The SMILES string of the molecule is N#Cc1cccc(CN2CC(O)CC2c2nc(-c3cccc([NH+]([O-])O)c3)no2)c1. The van der Waals surface area contributed by atoms with Crippen molar-refractivity contribution < 1.29 is 20.1 Å². The average Bonchev–Trinajstić information content (AvgIpc) is 3.35. The van der Waals surface area contributed by atoms with Gasteiger partial charge in [0.15, 0.2) is 5.69 Å². The number of aromatic nitrogens is 2. The molecular formula is C20H19N5O4. The molecule has 0 saturated carbocycles. The molecule has 1 saturated heterocycles. The lowest BCUT2D eigenvalue weighted by molar-refractivity contribution is -0.991. The molecule has 29 heavy (non-hydrogen) atoms. The summed E-state index contributed by atoms with van der Waals surface area (Å²) in [6.45, 7) is 0.983. The fourth-order valence-electron chi connectivity index (χ4n) is 3.56. The number of hydrogen-bond donors (Lipinski definition) is 3. The maximum atomic E-state index is 11.2. The number of nitriles is 1. The summed E-state index contributed by atoms with van der Waals surface area (Å²) >= 11 is 0. The largest absolute Gasteiger partial charge is 0.595 e. The van der Waals surface area contributed by atoms with Crippen LogP contribution in [0, 0.1) is 16.5 Å². The number of likely N-dealkylation sites (tertiary alicyclic amines) is 1. The van der Waals surface area contributed by atoms with Crippen molar-refractivity contribution in [1.29, 1.82) is 5.26 Å². The molecule has 3 unspecified atom stereocenters. The summed E-state index contributed by atoms with van der Waals surface area (Å²) in [5.74, 6) is 0.671. The van der Waals surface area contributed by atoms with Gasteiger partial charge in [-0.3, -0.25) is 4.90 Å². The Balaban J connectivity index is 1.57. The van der Waals surface area contributed by atoms with Gasteiger partial charge in [-0.15, -0.1) is 0 Å². The van der Waals surface area contributed by atoms with E-state index in [-0.39, 0.29) is 11.7 Å². The van der Waals surface area contributed by atoms with Gasteiger partial charge in [-0.05, 0) is 24.1 Å². The van der Waals surface area contributed by atoms with Crippen molar-refractivity contribution in [2.75, 3.05) is 6.54 Å². The monoisotopic (exact) mass is 393 g/mol. The molecule has 2 heterocycles. The molecule has 1 aromatic heterocycles. The molecule has 1 aliphatic heterocycles. The molecule has 2 aromatic carbocycles. The highest BCUT2D eigenvalue weighted by atomic mass is 16.8. The molecule has 3 atom stereocenters. The Hall–Kier alpha value is -3.13. The van der Waals surface area contributed by atoms with Gasteiger partial charge in [0.25, 0.3) is 0 Å². The van der Waals surface area contributed by atoms with Gasteiger partial charge in [-0.2, -0.15) is 15.5 Å². The highest BCUT2D eigenvalue weighted by Gasteiger charge is 2.36. The van der Waals surface area contributed by atoms with E-state index in [0.717, 1.165) is 5.56 Å². The molecule has 3 aromatic rings. The normalized spacial score (nSPS) is 20.5. The van der Waals surface area contributed by atoms with Crippen molar-refractivity contribution in [2.24, 2.45) is 0 Å². The molecule has 0 amide bonds. The zero-order chi connectivity index (χ0) is 20.4. The van der Waals surface area contributed by atoms with Crippen molar-refractivity contribution >= 4 is 5.69 Å². The highest BCUT2D eigenvalue weighted by molar-refractivity contribution is 5.58. The van der Waals surface area contributed by atoms with Crippen LogP contribution in [-0.4, -0.2) is 38.0 Å². The minimum absolute atomic E-state index is 0.143. The van der Waals surface area contributed by atoms with Crippen LogP contribution in [0.1, 0.15) is 29.5 Å². The Kier molecular flexibility index (Phi) is 5.35. The smallest absolute Gasteiger partial charge is 0.244 e. The van der Waals surface area contributed by atoms with E-state index in [1.54, 1.807) is 18.2 Å². The lowest BCUT2D eigenvalue weighted by atomic mass is 10.1. The molecule has 9 heteroatoms. The van der Waals surface area contributed by atoms with Crippen molar-refractivity contribution in [2.45, 2.75) is 25.1 Å². The van der Waals surface area contributed by atoms with Gasteiger partial charge in [0.2, 0.25) is 11.7 Å². The third-order valence-corrected chi connectivity index (χ3v) is 4.92. The number of β-amino-alcohol motifs (C(OH)–C–C–N with tert-alkyl or cyclic N) is 1. The van der Waals surface area contributed by atoms with Gasteiger partial charge in [0, 0.05) is 30.8 Å². The number of rotatable bonds is 5. The van der Waals surface area contributed by atoms with E-state index >= 15 is 0 Å². The average molecular weight is 393 g/mol. The first-order valence-electron chi connectivity index (χ1n) is 9.12. The van der Waals surface area contributed by atoms with E-state index in [1.165, 1.54) is 12.1 Å². The van der Waals surface area contributed by atoms with E-state index in [1.807, 2.05) is 23.1 Å². The lowest BCUT2D eigenvalue weighted by Gasteiger charge is -2.21. The first-order valence-corrected chi connectivity index (χ1v) is 9.12. The van der Waals surface area contributed by atoms with E-state index in [0.29, 0.717) is 42.4 Å². The molecule has 148 valence electrons. The van der Waals surface area contributed by atoms with Crippen LogP contribution in [0.4, 0.5) is 5.69 Å². The predicted octanol–water partition coefficient (Wildman–Crippen LogP) is 1.32. The summed E-state index contributed by atoms with van der Waals surface area (Å²) in [6.07, 6.45) is -0.0702. The molecule has 0 aliphatic carbocycles. The van der Waals surface area contributed by atoms with Crippen LogP contribution in [0.25, 0.3) is 11.4 Å². The Bertz CT molecular complexity index is 1050. The molecule has 4 rings (SSSR count). The van der Waals surface area contributed by atoms with Crippen molar-refractivity contribution in [3.05, 3.63) is 70.8 Å². The third-order valence-electron chi connectivity index (χ3n) is 4.92. The number of quaternary nitrogens is 1. The number of benzene rings is 2.